The second-order valence-corrected chi connectivity index (χ2v) is 6.93. The van der Waals surface area contributed by atoms with E-state index in [0.29, 0.717) is 10.1 Å². The van der Waals surface area contributed by atoms with E-state index < -0.39 is 9.75 Å². The molecule has 4 heteroatoms. The highest BCUT2D eigenvalue weighted by atomic mass is 35.5. The van der Waals surface area contributed by atoms with Crippen LogP contribution in [-0.4, -0.2) is 0 Å². The molecule has 0 aromatic heterocycles. The molecule has 2 atom stereocenters. The van der Waals surface area contributed by atoms with E-state index in [1.54, 1.807) is 0 Å². The van der Waals surface area contributed by atoms with Gasteiger partial charge in [0.1, 0.15) is 9.75 Å². The Hall–Kier alpha value is -0.660. The number of benzene rings is 2. The predicted octanol–water partition coefficient (Wildman–Crippen LogP) is 5.78. The van der Waals surface area contributed by atoms with E-state index in [2.05, 4.69) is 0 Å². The smallest absolute Gasteiger partial charge is 0.106 e. The summed E-state index contributed by atoms with van der Waals surface area (Å²) in [5.74, 6) is 0. The first kappa shape index (κ1) is 13.0. The number of hydrogen-bond donors (Lipinski definition) is 0. The SMILES string of the molecule is ClC1=C(Cl)C2(Cl)c3ccccc3C2(Cl)c2ccccc21. The van der Waals surface area contributed by atoms with Crippen molar-refractivity contribution in [3.05, 3.63) is 75.8 Å². The molecule has 2 aromatic carbocycles. The van der Waals surface area contributed by atoms with Crippen LogP contribution < -0.4 is 0 Å². The van der Waals surface area contributed by atoms with Crippen LogP contribution in [0.1, 0.15) is 22.3 Å². The first-order chi connectivity index (χ1) is 9.53. The van der Waals surface area contributed by atoms with Crippen LogP contribution in [0.25, 0.3) is 5.03 Å². The molecule has 0 heterocycles. The molecule has 2 unspecified atom stereocenters. The lowest BCUT2D eigenvalue weighted by Crippen LogP contribution is -2.54. The van der Waals surface area contributed by atoms with E-state index in [1.165, 1.54) is 0 Å². The van der Waals surface area contributed by atoms with Crippen LogP contribution in [0.5, 0.6) is 0 Å². The highest BCUT2D eigenvalue weighted by Crippen LogP contribution is 2.72. The van der Waals surface area contributed by atoms with Crippen LogP contribution >= 0.6 is 46.4 Å². The van der Waals surface area contributed by atoms with Gasteiger partial charge in [-0.25, -0.2) is 0 Å². The van der Waals surface area contributed by atoms with Crippen molar-refractivity contribution in [2.45, 2.75) is 9.75 Å². The molecule has 0 amide bonds. The Morgan fingerprint density at radius 1 is 0.650 bits per heavy atom. The van der Waals surface area contributed by atoms with Crippen molar-refractivity contribution in [1.29, 1.82) is 0 Å². The van der Waals surface area contributed by atoms with Crippen molar-refractivity contribution >= 4 is 51.4 Å². The van der Waals surface area contributed by atoms with Crippen LogP contribution in [0, 0.1) is 0 Å². The van der Waals surface area contributed by atoms with E-state index in [-0.39, 0.29) is 0 Å². The van der Waals surface area contributed by atoms with Crippen LogP contribution in [0.4, 0.5) is 0 Å². The van der Waals surface area contributed by atoms with Crippen molar-refractivity contribution in [2.24, 2.45) is 0 Å². The summed E-state index contributed by atoms with van der Waals surface area (Å²) in [6.45, 7) is 0. The molecule has 0 N–H and O–H groups in total. The van der Waals surface area contributed by atoms with Gasteiger partial charge in [-0.15, -0.1) is 23.2 Å². The molecular weight excluding hydrogens is 334 g/mol. The molecule has 0 aliphatic heterocycles. The average molecular weight is 342 g/mol. The van der Waals surface area contributed by atoms with E-state index in [1.807, 2.05) is 48.5 Å². The lowest BCUT2D eigenvalue weighted by molar-refractivity contribution is 0.483. The Labute approximate surface area is 136 Å². The van der Waals surface area contributed by atoms with Gasteiger partial charge in [0.05, 0.1) is 10.1 Å². The fourth-order valence-electron chi connectivity index (χ4n) is 3.24. The first-order valence-corrected chi connectivity index (χ1v) is 7.67. The van der Waals surface area contributed by atoms with Gasteiger partial charge in [-0.1, -0.05) is 71.7 Å². The highest BCUT2D eigenvalue weighted by Gasteiger charge is 2.67. The molecule has 0 saturated heterocycles. The van der Waals surface area contributed by atoms with Crippen LogP contribution in [-0.2, 0) is 9.75 Å². The van der Waals surface area contributed by atoms with E-state index in [0.717, 1.165) is 22.3 Å². The van der Waals surface area contributed by atoms with Gasteiger partial charge in [-0.2, -0.15) is 0 Å². The number of halogens is 4. The first-order valence-electron chi connectivity index (χ1n) is 6.16. The molecule has 0 radical (unpaired) electrons. The fourth-order valence-corrected chi connectivity index (χ4v) is 4.97. The van der Waals surface area contributed by atoms with Crippen LogP contribution in [0.15, 0.2) is 53.6 Å². The van der Waals surface area contributed by atoms with Gasteiger partial charge in [0.25, 0.3) is 0 Å². The molecule has 0 spiro atoms. The minimum absolute atomic E-state index is 0.397. The maximum Gasteiger partial charge on any atom is 0.134 e. The van der Waals surface area contributed by atoms with E-state index in [4.69, 9.17) is 46.4 Å². The molecule has 2 aromatic rings. The van der Waals surface area contributed by atoms with Gasteiger partial charge in [0.2, 0.25) is 0 Å². The van der Waals surface area contributed by atoms with Crippen molar-refractivity contribution in [3.8, 4) is 0 Å². The molecular formula is C16H8Cl4. The molecule has 100 valence electrons. The summed E-state index contributed by atoms with van der Waals surface area (Å²) in [6, 6.07) is 15.5. The Morgan fingerprint density at radius 3 is 1.80 bits per heavy atom. The van der Waals surface area contributed by atoms with E-state index in [9.17, 15) is 0 Å². The number of allylic oxidation sites excluding steroid dienone is 1. The summed E-state index contributed by atoms with van der Waals surface area (Å²) in [6.07, 6.45) is 0. The lowest BCUT2D eigenvalue weighted by atomic mass is 9.60. The highest BCUT2D eigenvalue weighted by molar-refractivity contribution is 6.59. The normalized spacial score (nSPS) is 30.2. The van der Waals surface area contributed by atoms with Gasteiger partial charge >= 0.3 is 0 Å². The van der Waals surface area contributed by atoms with Crippen LogP contribution in [0.2, 0.25) is 0 Å². The molecule has 0 saturated carbocycles. The summed E-state index contributed by atoms with van der Waals surface area (Å²) < 4.78 is 0. The average Bonchev–Trinajstić information content (AvgIpc) is 2.51. The van der Waals surface area contributed by atoms with Gasteiger partial charge in [0, 0.05) is 0 Å². The lowest BCUT2D eigenvalue weighted by Gasteiger charge is -2.56. The van der Waals surface area contributed by atoms with Gasteiger partial charge < -0.3 is 0 Å². The summed E-state index contributed by atoms with van der Waals surface area (Å²) >= 11 is 26.7. The Balaban J connectivity index is 2.17. The third-order valence-corrected chi connectivity index (χ3v) is 6.70. The van der Waals surface area contributed by atoms with Gasteiger partial charge in [0.15, 0.2) is 0 Å². The summed E-state index contributed by atoms with van der Waals surface area (Å²) in [5.41, 5.74) is 3.67. The fraction of sp³-hybridized carbons (Fsp3) is 0.125. The zero-order valence-corrected chi connectivity index (χ0v) is 13.2. The van der Waals surface area contributed by atoms with E-state index >= 15 is 0 Å². The third-order valence-electron chi connectivity index (χ3n) is 4.17. The maximum absolute atomic E-state index is 6.96. The topological polar surface area (TPSA) is 0 Å². The molecule has 0 fully saturated rings. The molecule has 4 rings (SSSR count). The van der Waals surface area contributed by atoms with Gasteiger partial charge in [-0.05, 0) is 22.3 Å². The zero-order chi connectivity index (χ0) is 14.1. The molecule has 2 aliphatic carbocycles. The standard InChI is InChI=1S/C16H8Cl4/c17-13-9-5-1-2-6-10(9)15(19)11-7-3-4-8-12(11)16(15,20)14(13)18/h1-8H. The Bertz CT molecular complexity index is 780. The summed E-state index contributed by atoms with van der Waals surface area (Å²) in [7, 11) is 0. The minimum atomic E-state index is -0.988. The van der Waals surface area contributed by atoms with Crippen molar-refractivity contribution in [3.63, 3.8) is 0 Å². The number of hydrogen-bond acceptors (Lipinski definition) is 0. The molecule has 20 heavy (non-hydrogen) atoms. The monoisotopic (exact) mass is 340 g/mol. The maximum atomic E-state index is 6.96. The van der Waals surface area contributed by atoms with Gasteiger partial charge in [-0.3, -0.25) is 0 Å². The second kappa shape index (κ2) is 3.96. The summed E-state index contributed by atoms with van der Waals surface area (Å²) in [4.78, 5) is -1.85. The Morgan fingerprint density at radius 2 is 1.15 bits per heavy atom. The zero-order valence-electron chi connectivity index (χ0n) is 10.1. The second-order valence-electron chi connectivity index (χ2n) is 5.04. The minimum Gasteiger partial charge on any atom is -0.106 e. The Kier molecular flexibility index (Phi) is 2.58. The molecule has 0 bridgehead atoms. The number of alkyl halides is 2. The quantitative estimate of drug-likeness (QED) is 0.533. The predicted molar refractivity (Wildman–Crippen MR) is 85.7 cm³/mol. The summed E-state index contributed by atoms with van der Waals surface area (Å²) in [5, 5.41) is 0.872. The third kappa shape index (κ3) is 1.19. The van der Waals surface area contributed by atoms with Crippen molar-refractivity contribution in [1.82, 2.24) is 0 Å². The van der Waals surface area contributed by atoms with Crippen LogP contribution in [0.3, 0.4) is 0 Å². The molecule has 0 nitrogen and oxygen atoms in total. The van der Waals surface area contributed by atoms with Crippen molar-refractivity contribution < 1.29 is 0 Å². The number of rotatable bonds is 0. The molecule has 2 aliphatic rings. The number of fused-ring (bicyclic) bond motifs is 6. The largest absolute Gasteiger partial charge is 0.134 e. The van der Waals surface area contributed by atoms with Crippen molar-refractivity contribution in [2.75, 3.05) is 0 Å².